The van der Waals surface area contributed by atoms with Crippen molar-refractivity contribution in [3.05, 3.63) is 48.6 Å². The molecule has 0 amide bonds. The molecule has 0 atom stereocenters. The standard InChI is InChI=1S/C11H13/c1-2-4-6-8-10-11-9-7-5-3-1/h1-5,10-11H,6,8-9H2/b3-1-,4-2-,7-5?,11-10-. The first-order valence-electron chi connectivity index (χ1n) is 4.03. The van der Waals surface area contributed by atoms with Gasteiger partial charge in [-0.2, -0.15) is 0 Å². The summed E-state index contributed by atoms with van der Waals surface area (Å²) < 4.78 is 0. The van der Waals surface area contributed by atoms with E-state index in [1.807, 2.05) is 18.2 Å². The second-order valence-corrected chi connectivity index (χ2v) is 2.44. The van der Waals surface area contributed by atoms with Gasteiger partial charge in [-0.25, -0.2) is 0 Å². The smallest absolute Gasteiger partial charge is 0.00946 e. The fourth-order valence-electron chi connectivity index (χ4n) is 0.892. The van der Waals surface area contributed by atoms with Crippen LogP contribution in [0.5, 0.6) is 0 Å². The Hall–Kier alpha value is -1.04. The van der Waals surface area contributed by atoms with Gasteiger partial charge in [0.05, 0.1) is 0 Å². The third-order valence-electron chi connectivity index (χ3n) is 1.47. The average molecular weight is 145 g/mol. The van der Waals surface area contributed by atoms with Crippen molar-refractivity contribution < 1.29 is 0 Å². The van der Waals surface area contributed by atoms with E-state index in [1.165, 1.54) is 0 Å². The number of allylic oxidation sites excluding steroid dienone is 8. The molecule has 0 heteroatoms. The van der Waals surface area contributed by atoms with Gasteiger partial charge in [-0.05, 0) is 25.3 Å². The highest BCUT2D eigenvalue weighted by molar-refractivity contribution is 5.10. The van der Waals surface area contributed by atoms with Crippen molar-refractivity contribution in [1.29, 1.82) is 0 Å². The summed E-state index contributed by atoms with van der Waals surface area (Å²) in [4.78, 5) is 0. The highest BCUT2D eigenvalue weighted by Crippen LogP contribution is 1.96. The molecule has 1 rings (SSSR count). The van der Waals surface area contributed by atoms with E-state index in [4.69, 9.17) is 0 Å². The molecule has 0 aliphatic heterocycles. The topological polar surface area (TPSA) is 0 Å². The molecule has 0 spiro atoms. The van der Waals surface area contributed by atoms with Gasteiger partial charge in [0.15, 0.2) is 0 Å². The van der Waals surface area contributed by atoms with Crippen LogP contribution < -0.4 is 0 Å². The fourth-order valence-corrected chi connectivity index (χ4v) is 0.892. The third-order valence-corrected chi connectivity index (χ3v) is 1.47. The molecule has 0 aromatic rings. The molecule has 0 heterocycles. The summed E-state index contributed by atoms with van der Waals surface area (Å²) in [5.41, 5.74) is 0. The summed E-state index contributed by atoms with van der Waals surface area (Å²) in [6.45, 7) is 0. The molecule has 0 fully saturated rings. The second kappa shape index (κ2) is 5.72. The van der Waals surface area contributed by atoms with Gasteiger partial charge in [0.1, 0.15) is 0 Å². The predicted molar refractivity (Wildman–Crippen MR) is 49.1 cm³/mol. The quantitative estimate of drug-likeness (QED) is 0.459. The van der Waals surface area contributed by atoms with Gasteiger partial charge in [0.25, 0.3) is 0 Å². The van der Waals surface area contributed by atoms with Gasteiger partial charge in [-0.3, -0.25) is 0 Å². The van der Waals surface area contributed by atoms with E-state index >= 15 is 0 Å². The van der Waals surface area contributed by atoms with Crippen LogP contribution in [0.3, 0.4) is 0 Å². The maximum absolute atomic E-state index is 3.15. The molecule has 0 bridgehead atoms. The van der Waals surface area contributed by atoms with Crippen molar-refractivity contribution in [3.63, 3.8) is 0 Å². The zero-order chi connectivity index (χ0) is 7.78. The van der Waals surface area contributed by atoms with Gasteiger partial charge >= 0.3 is 0 Å². The van der Waals surface area contributed by atoms with E-state index in [1.54, 1.807) is 0 Å². The van der Waals surface area contributed by atoms with Crippen LogP contribution >= 0.6 is 0 Å². The van der Waals surface area contributed by atoms with Crippen molar-refractivity contribution in [3.8, 4) is 0 Å². The highest BCUT2D eigenvalue weighted by Gasteiger charge is 1.77. The van der Waals surface area contributed by atoms with Crippen LogP contribution in [0.25, 0.3) is 0 Å². The minimum atomic E-state index is 0.935. The summed E-state index contributed by atoms with van der Waals surface area (Å²) in [5, 5.41) is 0. The van der Waals surface area contributed by atoms with Crippen molar-refractivity contribution >= 4 is 0 Å². The Bertz CT molecular complexity index is 192. The summed E-state index contributed by atoms with van der Waals surface area (Å²) in [7, 11) is 0. The molecular formula is C11H13. The Balaban J connectivity index is 2.47. The Labute approximate surface area is 68.6 Å². The lowest BCUT2D eigenvalue weighted by Gasteiger charge is -1.83. The maximum Gasteiger partial charge on any atom is -0.00946 e. The number of rotatable bonds is 0. The molecule has 1 radical (unpaired) electrons. The maximum atomic E-state index is 3.15. The summed E-state index contributed by atoms with van der Waals surface area (Å²) in [5.74, 6) is 0. The third kappa shape index (κ3) is 4.38. The molecule has 0 aromatic heterocycles. The molecule has 57 valence electrons. The minimum Gasteiger partial charge on any atom is -0.0879 e. The normalized spacial score (nSPS) is 29.8. The monoisotopic (exact) mass is 145 g/mol. The predicted octanol–water partition coefficient (Wildman–Crippen LogP) is 3.20. The number of hydrogen-bond acceptors (Lipinski definition) is 0. The highest BCUT2D eigenvalue weighted by atomic mass is 13.8. The van der Waals surface area contributed by atoms with E-state index in [0.717, 1.165) is 19.3 Å². The van der Waals surface area contributed by atoms with E-state index < -0.39 is 0 Å². The number of hydrogen-bond donors (Lipinski definition) is 0. The molecule has 0 unspecified atom stereocenters. The van der Waals surface area contributed by atoms with Gasteiger partial charge in [0, 0.05) is 0 Å². The van der Waals surface area contributed by atoms with Gasteiger partial charge in [0.2, 0.25) is 0 Å². The zero-order valence-electron chi connectivity index (χ0n) is 6.66. The van der Waals surface area contributed by atoms with E-state index in [2.05, 4.69) is 30.4 Å². The lowest BCUT2D eigenvalue weighted by molar-refractivity contribution is 1.04. The van der Waals surface area contributed by atoms with Gasteiger partial charge in [-0.15, -0.1) is 0 Å². The molecule has 0 saturated heterocycles. The molecular weight excluding hydrogens is 132 g/mol. The largest absolute Gasteiger partial charge is 0.0879 e. The van der Waals surface area contributed by atoms with E-state index in [0.29, 0.717) is 0 Å². The first-order valence-corrected chi connectivity index (χ1v) is 4.03. The first-order chi connectivity index (χ1) is 5.50. The van der Waals surface area contributed by atoms with Gasteiger partial charge < -0.3 is 0 Å². The minimum absolute atomic E-state index is 0.935. The Kier molecular flexibility index (Phi) is 4.19. The lowest BCUT2D eigenvalue weighted by atomic mass is 10.2. The van der Waals surface area contributed by atoms with E-state index in [-0.39, 0.29) is 0 Å². The van der Waals surface area contributed by atoms with Crippen LogP contribution in [0.15, 0.2) is 42.5 Å². The van der Waals surface area contributed by atoms with Crippen molar-refractivity contribution in [2.75, 3.05) is 0 Å². The summed E-state index contributed by atoms with van der Waals surface area (Å²) in [6.07, 6.45) is 21.0. The Morgan fingerprint density at radius 3 is 2.73 bits per heavy atom. The molecule has 0 aromatic carbocycles. The van der Waals surface area contributed by atoms with E-state index in [9.17, 15) is 0 Å². The molecule has 0 nitrogen and oxygen atoms in total. The lowest BCUT2D eigenvalue weighted by Crippen LogP contribution is -1.63. The van der Waals surface area contributed by atoms with Crippen LogP contribution in [0, 0.1) is 6.08 Å². The zero-order valence-corrected chi connectivity index (χ0v) is 6.66. The van der Waals surface area contributed by atoms with Crippen LogP contribution in [0.1, 0.15) is 19.3 Å². The average Bonchev–Trinajstić information content (AvgIpc) is 2.08. The SMILES string of the molecule is [C]1=C/C=C\C=C/CC/C=C\C\1. The van der Waals surface area contributed by atoms with Crippen LogP contribution in [-0.4, -0.2) is 0 Å². The van der Waals surface area contributed by atoms with Crippen molar-refractivity contribution in [2.45, 2.75) is 19.3 Å². The van der Waals surface area contributed by atoms with Gasteiger partial charge in [-0.1, -0.05) is 42.5 Å². The Morgan fingerprint density at radius 2 is 1.73 bits per heavy atom. The van der Waals surface area contributed by atoms with Crippen LogP contribution in [0.4, 0.5) is 0 Å². The fraction of sp³-hybridized carbons (Fsp3) is 0.273. The molecule has 11 heavy (non-hydrogen) atoms. The molecule has 1 aliphatic rings. The first kappa shape index (κ1) is 8.06. The molecule has 0 saturated carbocycles. The Morgan fingerprint density at radius 1 is 0.818 bits per heavy atom. The van der Waals surface area contributed by atoms with Crippen molar-refractivity contribution in [1.82, 2.24) is 0 Å². The molecule has 0 N–H and O–H groups in total. The van der Waals surface area contributed by atoms with Crippen LogP contribution in [0.2, 0.25) is 0 Å². The summed E-state index contributed by atoms with van der Waals surface area (Å²) >= 11 is 0. The van der Waals surface area contributed by atoms with Crippen LogP contribution in [-0.2, 0) is 0 Å². The molecule has 1 aliphatic carbocycles. The van der Waals surface area contributed by atoms with Crippen molar-refractivity contribution in [2.24, 2.45) is 0 Å². The second-order valence-electron chi connectivity index (χ2n) is 2.44. The summed E-state index contributed by atoms with van der Waals surface area (Å²) in [6, 6.07) is 0.